The summed E-state index contributed by atoms with van der Waals surface area (Å²) in [6, 6.07) is 64.1. The van der Waals surface area contributed by atoms with Crippen molar-refractivity contribution in [2.45, 2.75) is 51.2 Å². The Morgan fingerprint density at radius 3 is 1.97 bits per heavy atom. The first-order valence-electron chi connectivity index (χ1n) is 21.4. The van der Waals surface area contributed by atoms with Crippen LogP contribution in [0.3, 0.4) is 0 Å². The number of hydrogen-bond donors (Lipinski definition) is 0. The van der Waals surface area contributed by atoms with Crippen molar-refractivity contribution in [2.75, 3.05) is 0 Å². The minimum absolute atomic E-state index is 0.0265. The number of rotatable bonds is 7. The smallest absolute Gasteiger partial charge is 0.129 e. The fourth-order valence-corrected chi connectivity index (χ4v) is 10.9. The zero-order chi connectivity index (χ0) is 40.0. The maximum absolute atomic E-state index is 6.87. The molecule has 8 aromatic rings. The Balaban J connectivity index is 1.05. The molecule has 0 bridgehead atoms. The summed E-state index contributed by atoms with van der Waals surface area (Å²) in [5.74, 6) is 0.976. The maximum atomic E-state index is 6.87. The molecule has 0 radical (unpaired) electrons. The predicted molar refractivity (Wildman–Crippen MR) is 255 cm³/mol. The van der Waals surface area contributed by atoms with E-state index in [-0.39, 0.29) is 12.1 Å². The highest BCUT2D eigenvalue weighted by Crippen LogP contribution is 2.49. The molecule has 3 heterocycles. The van der Waals surface area contributed by atoms with E-state index in [1.807, 2.05) is 11.3 Å². The lowest BCUT2D eigenvalue weighted by molar-refractivity contribution is 0.272. The molecule has 2 unspecified atom stereocenters. The second-order valence-electron chi connectivity index (χ2n) is 16.2. The summed E-state index contributed by atoms with van der Waals surface area (Å²) in [7, 11) is 0. The molecule has 11 rings (SSSR count). The highest BCUT2D eigenvalue weighted by molar-refractivity contribution is 7.25. The lowest BCUT2D eigenvalue weighted by Gasteiger charge is -2.29. The van der Waals surface area contributed by atoms with E-state index in [0.717, 1.165) is 43.6 Å². The van der Waals surface area contributed by atoms with E-state index in [2.05, 4.69) is 189 Å². The molecule has 0 fully saturated rings. The van der Waals surface area contributed by atoms with Crippen molar-refractivity contribution in [1.29, 1.82) is 0 Å². The molecule has 60 heavy (non-hydrogen) atoms. The van der Waals surface area contributed by atoms with Gasteiger partial charge in [-0.05, 0) is 106 Å². The molecule has 0 saturated carbocycles. The predicted octanol–water partition coefficient (Wildman–Crippen LogP) is 15.3. The summed E-state index contributed by atoms with van der Waals surface area (Å²) in [4.78, 5) is 5.88. The van der Waals surface area contributed by atoms with Crippen LogP contribution in [0.15, 0.2) is 198 Å². The van der Waals surface area contributed by atoms with Crippen molar-refractivity contribution in [3.05, 3.63) is 215 Å². The summed E-state index contributed by atoms with van der Waals surface area (Å²) in [6.45, 7) is 2.30. The van der Waals surface area contributed by atoms with Crippen molar-refractivity contribution in [3.63, 3.8) is 0 Å². The third-order valence-electron chi connectivity index (χ3n) is 12.7. The highest BCUT2D eigenvalue weighted by atomic mass is 32.1. The minimum atomic E-state index is -0.0592. The van der Waals surface area contributed by atoms with Gasteiger partial charge in [0.1, 0.15) is 11.9 Å². The van der Waals surface area contributed by atoms with Crippen LogP contribution in [0, 0.1) is 0 Å². The summed E-state index contributed by atoms with van der Waals surface area (Å²) in [5.41, 5.74) is 17.7. The number of aliphatic imine (C=N–C) groups is 1. The molecular formula is C57H45NOS. The van der Waals surface area contributed by atoms with Gasteiger partial charge in [-0.1, -0.05) is 165 Å². The van der Waals surface area contributed by atoms with Gasteiger partial charge in [-0.2, -0.15) is 0 Å². The van der Waals surface area contributed by atoms with Gasteiger partial charge in [0.05, 0.1) is 11.8 Å². The van der Waals surface area contributed by atoms with Crippen LogP contribution in [0.2, 0.25) is 0 Å². The Bertz CT molecular complexity index is 3020. The number of nitrogens with zero attached hydrogens (tertiary/aromatic N) is 1. The SMILES string of the molecule is CCC1=C(c2ccccc2)CCCC(C2=CC(c3ccc4sc5cc(-c6ccccc6)ccc5c4c3)=C3c4ccccc4OC3C2)N=C1c1ccc(-c2ccccc2)cc1. The Hall–Kier alpha value is -6.55. The number of ether oxygens (including phenoxy) is 1. The molecule has 0 amide bonds. The van der Waals surface area contributed by atoms with Crippen LogP contribution in [0.1, 0.15) is 61.3 Å². The zero-order valence-electron chi connectivity index (χ0n) is 33.8. The molecule has 0 spiro atoms. The summed E-state index contributed by atoms with van der Waals surface area (Å²) < 4.78 is 9.49. The van der Waals surface area contributed by atoms with Gasteiger partial charge in [0.25, 0.3) is 0 Å². The lowest BCUT2D eigenvalue weighted by atomic mass is 9.80. The molecule has 0 N–H and O–H groups in total. The molecule has 290 valence electrons. The summed E-state index contributed by atoms with van der Waals surface area (Å²) in [5, 5.41) is 2.61. The number of fused-ring (bicyclic) bond motifs is 6. The zero-order valence-corrected chi connectivity index (χ0v) is 34.6. The topological polar surface area (TPSA) is 21.6 Å². The summed E-state index contributed by atoms with van der Waals surface area (Å²) in [6.07, 6.45) is 7.24. The molecule has 2 atom stereocenters. The van der Waals surface area contributed by atoms with E-state index < -0.39 is 0 Å². The molecular weight excluding hydrogens is 747 g/mol. The maximum Gasteiger partial charge on any atom is 0.129 e. The fourth-order valence-electron chi connectivity index (χ4n) is 9.77. The van der Waals surface area contributed by atoms with Crippen molar-refractivity contribution >= 4 is 53.9 Å². The molecule has 3 aliphatic rings. The van der Waals surface area contributed by atoms with Crippen LogP contribution < -0.4 is 4.74 Å². The number of para-hydroxylation sites is 1. The van der Waals surface area contributed by atoms with Crippen molar-refractivity contribution in [2.24, 2.45) is 4.99 Å². The molecule has 1 aliphatic carbocycles. The molecule has 1 aromatic heterocycles. The average molecular weight is 792 g/mol. The minimum Gasteiger partial charge on any atom is -0.485 e. The standard InChI is InChI=1S/C57H45NOS/c1-2-45-46(40-19-10-5-11-20-40)22-14-23-51(58-57(45)41-27-25-39(26-28-41)37-15-6-3-7-16-37)44-34-49(56-48-21-12-13-24-52(48)59-53(56)35-44)43-30-32-54-50(33-43)47-31-29-42(36-55(47)60-54)38-17-8-4-9-18-38/h3-13,15-21,24-34,36,51,53H,2,14,22-23,35H2,1H3. The Morgan fingerprint density at radius 2 is 1.22 bits per heavy atom. The van der Waals surface area contributed by atoms with Gasteiger partial charge in [0.2, 0.25) is 0 Å². The van der Waals surface area contributed by atoms with E-state index in [9.17, 15) is 0 Å². The molecule has 2 nitrogen and oxygen atoms in total. The number of thiophene rings is 1. The molecule has 3 heteroatoms. The quantitative estimate of drug-likeness (QED) is 0.158. The Labute approximate surface area is 356 Å². The summed E-state index contributed by atoms with van der Waals surface area (Å²) >= 11 is 1.88. The molecule has 2 aliphatic heterocycles. The first-order chi connectivity index (χ1) is 29.7. The van der Waals surface area contributed by atoms with Gasteiger partial charge < -0.3 is 4.74 Å². The number of allylic oxidation sites excluding steroid dienone is 4. The van der Waals surface area contributed by atoms with Crippen LogP contribution in [0.4, 0.5) is 0 Å². The van der Waals surface area contributed by atoms with Crippen LogP contribution in [0.5, 0.6) is 5.75 Å². The average Bonchev–Trinajstić information content (AvgIpc) is 3.87. The van der Waals surface area contributed by atoms with Gasteiger partial charge >= 0.3 is 0 Å². The first-order valence-corrected chi connectivity index (χ1v) is 22.2. The van der Waals surface area contributed by atoms with Gasteiger partial charge in [0.15, 0.2) is 0 Å². The highest BCUT2D eigenvalue weighted by Gasteiger charge is 2.37. The Kier molecular flexibility index (Phi) is 9.47. The van der Waals surface area contributed by atoms with Crippen molar-refractivity contribution in [3.8, 4) is 28.0 Å². The number of benzene rings is 7. The molecule has 0 saturated heterocycles. The van der Waals surface area contributed by atoms with Crippen LogP contribution in [-0.4, -0.2) is 17.9 Å². The fraction of sp³-hybridized carbons (Fsp3) is 0.140. The van der Waals surface area contributed by atoms with E-state index >= 15 is 0 Å². The van der Waals surface area contributed by atoms with E-state index in [1.165, 1.54) is 92.5 Å². The van der Waals surface area contributed by atoms with Gasteiger partial charge in [-0.25, -0.2) is 0 Å². The van der Waals surface area contributed by atoms with Crippen LogP contribution >= 0.6 is 11.3 Å². The van der Waals surface area contributed by atoms with E-state index in [0.29, 0.717) is 0 Å². The van der Waals surface area contributed by atoms with Crippen LogP contribution in [-0.2, 0) is 0 Å². The van der Waals surface area contributed by atoms with Crippen molar-refractivity contribution in [1.82, 2.24) is 0 Å². The second-order valence-corrected chi connectivity index (χ2v) is 17.3. The van der Waals surface area contributed by atoms with Gasteiger partial charge in [-0.15, -0.1) is 11.3 Å². The van der Waals surface area contributed by atoms with Gasteiger partial charge in [0, 0.05) is 43.3 Å². The lowest BCUT2D eigenvalue weighted by Crippen LogP contribution is -2.24. The molecule has 7 aromatic carbocycles. The normalized spacial score (nSPS) is 17.8. The van der Waals surface area contributed by atoms with E-state index in [1.54, 1.807) is 0 Å². The third-order valence-corrected chi connectivity index (χ3v) is 13.8. The monoisotopic (exact) mass is 791 g/mol. The largest absolute Gasteiger partial charge is 0.485 e. The van der Waals surface area contributed by atoms with Crippen molar-refractivity contribution < 1.29 is 4.74 Å². The van der Waals surface area contributed by atoms with Gasteiger partial charge in [-0.3, -0.25) is 4.99 Å². The first kappa shape index (κ1) is 36.5. The van der Waals surface area contributed by atoms with E-state index in [4.69, 9.17) is 9.73 Å². The Morgan fingerprint density at radius 1 is 0.583 bits per heavy atom. The number of hydrogen-bond acceptors (Lipinski definition) is 3. The second kappa shape index (κ2) is 15.6. The van der Waals surface area contributed by atoms with Crippen LogP contribution in [0.25, 0.3) is 59.1 Å². The third kappa shape index (κ3) is 6.64.